The smallest absolute Gasteiger partial charge is 0.251 e. The quantitative estimate of drug-likeness (QED) is 0.387. The maximum atomic E-state index is 13.6. The van der Waals surface area contributed by atoms with E-state index in [0.717, 1.165) is 49.4 Å². The number of piperazine rings is 1. The zero-order valence-corrected chi connectivity index (χ0v) is 23.7. The molecular formula is C31H38FN7O2. The van der Waals surface area contributed by atoms with Crippen LogP contribution < -0.4 is 5.32 Å². The number of hydrogen-bond donors (Lipinski definition) is 1. The van der Waals surface area contributed by atoms with E-state index in [1.807, 2.05) is 31.0 Å². The number of aromatic nitrogens is 3. The van der Waals surface area contributed by atoms with Crippen LogP contribution in [0.15, 0.2) is 73.2 Å². The Morgan fingerprint density at radius 3 is 2.44 bits per heavy atom. The van der Waals surface area contributed by atoms with Gasteiger partial charge in [-0.25, -0.2) is 9.07 Å². The Balaban J connectivity index is 1.23. The summed E-state index contributed by atoms with van der Waals surface area (Å²) in [5.74, 6) is -0.205. The molecule has 1 saturated carbocycles. The number of nitrogens with zero attached hydrogens (tertiary/aromatic N) is 6. The molecule has 0 bridgehead atoms. The predicted octanol–water partition coefficient (Wildman–Crippen LogP) is 3.45. The molecule has 1 N–H and O–H groups in total. The fourth-order valence-electron chi connectivity index (χ4n) is 5.56. The Morgan fingerprint density at radius 1 is 1.10 bits per heavy atom. The van der Waals surface area contributed by atoms with E-state index < -0.39 is 6.04 Å². The van der Waals surface area contributed by atoms with Gasteiger partial charge in [0.25, 0.3) is 5.91 Å². The van der Waals surface area contributed by atoms with Gasteiger partial charge in [-0.15, -0.1) is 5.10 Å². The number of rotatable bonds is 11. The topological polar surface area (TPSA) is 86.6 Å². The van der Waals surface area contributed by atoms with Crippen molar-refractivity contribution in [1.29, 1.82) is 0 Å². The van der Waals surface area contributed by atoms with Crippen molar-refractivity contribution in [3.05, 3.63) is 90.1 Å². The molecule has 1 aromatic heterocycles. The number of likely N-dealkylation sites (N-methyl/N-ethyl adjacent to an activating group) is 1. The summed E-state index contributed by atoms with van der Waals surface area (Å²) >= 11 is 0. The summed E-state index contributed by atoms with van der Waals surface area (Å²) in [5.41, 5.74) is 3.38. The van der Waals surface area contributed by atoms with Crippen molar-refractivity contribution in [2.24, 2.45) is 0 Å². The molecule has 216 valence electrons. The highest BCUT2D eigenvalue weighted by atomic mass is 19.1. The van der Waals surface area contributed by atoms with E-state index >= 15 is 0 Å². The van der Waals surface area contributed by atoms with Crippen LogP contribution in [0.3, 0.4) is 0 Å². The molecule has 1 saturated heterocycles. The second-order valence-electron chi connectivity index (χ2n) is 11.1. The fourth-order valence-corrected chi connectivity index (χ4v) is 5.56. The number of amides is 2. The van der Waals surface area contributed by atoms with E-state index in [1.165, 1.54) is 12.1 Å². The minimum atomic E-state index is -0.625. The third-order valence-electron chi connectivity index (χ3n) is 8.07. The Hall–Kier alpha value is -4.05. The van der Waals surface area contributed by atoms with Crippen molar-refractivity contribution >= 4 is 11.8 Å². The summed E-state index contributed by atoms with van der Waals surface area (Å²) in [4.78, 5) is 33.2. The van der Waals surface area contributed by atoms with Gasteiger partial charge in [0.1, 0.15) is 11.9 Å². The first-order chi connectivity index (χ1) is 19.8. The molecule has 0 spiro atoms. The number of hydrogen-bond acceptors (Lipinski definition) is 6. The lowest BCUT2D eigenvalue weighted by Gasteiger charge is -2.35. The zero-order chi connectivity index (χ0) is 28.9. The first-order valence-electron chi connectivity index (χ1n) is 14.2. The molecule has 3 atom stereocenters. The monoisotopic (exact) mass is 559 g/mol. The molecule has 10 heteroatoms. The highest BCUT2D eigenvalue weighted by Gasteiger charge is 2.42. The van der Waals surface area contributed by atoms with E-state index in [0.29, 0.717) is 37.0 Å². The van der Waals surface area contributed by atoms with Crippen molar-refractivity contribution in [2.75, 3.05) is 39.8 Å². The predicted molar refractivity (Wildman–Crippen MR) is 155 cm³/mol. The summed E-state index contributed by atoms with van der Waals surface area (Å²) in [7, 11) is 2.05. The average Bonchev–Trinajstić information content (AvgIpc) is 3.55. The van der Waals surface area contributed by atoms with Gasteiger partial charge in [0, 0.05) is 55.9 Å². The molecule has 1 aliphatic heterocycles. The molecule has 41 heavy (non-hydrogen) atoms. The van der Waals surface area contributed by atoms with Gasteiger partial charge in [-0.2, -0.15) is 0 Å². The van der Waals surface area contributed by atoms with Crippen LogP contribution in [-0.4, -0.2) is 93.4 Å². The number of benzene rings is 2. The van der Waals surface area contributed by atoms with E-state index in [4.69, 9.17) is 0 Å². The van der Waals surface area contributed by atoms with Crippen LogP contribution >= 0.6 is 0 Å². The number of carbonyl (C=O) groups excluding carboxylic acids is 2. The van der Waals surface area contributed by atoms with Gasteiger partial charge in [0.2, 0.25) is 5.91 Å². The molecule has 2 amide bonds. The molecule has 3 aromatic rings. The molecular weight excluding hydrogens is 521 g/mol. The van der Waals surface area contributed by atoms with Gasteiger partial charge in [-0.05, 0) is 75.2 Å². The lowest BCUT2D eigenvalue weighted by atomic mass is 10.1. The molecule has 2 aliphatic rings. The number of allylic oxidation sites excluding steroid dienone is 1. The maximum absolute atomic E-state index is 13.6. The second-order valence-corrected chi connectivity index (χ2v) is 11.1. The second kappa shape index (κ2) is 12.6. The van der Waals surface area contributed by atoms with Crippen molar-refractivity contribution in [2.45, 2.75) is 44.2 Å². The summed E-state index contributed by atoms with van der Waals surface area (Å²) in [6.07, 6.45) is 5.55. The van der Waals surface area contributed by atoms with Crippen molar-refractivity contribution < 1.29 is 14.0 Å². The van der Waals surface area contributed by atoms with Crippen LogP contribution in [0, 0.1) is 5.82 Å². The summed E-state index contributed by atoms with van der Waals surface area (Å²) < 4.78 is 15.0. The fraction of sp³-hybridized carbons (Fsp3) is 0.419. The standard InChI is InChI=1S/C31H38FN7O2/c1-22(2)38(29-21-27(29)23-6-10-25(32)11-7-23)15-4-5-28(31(41)37-19-17-36(3)18-20-37)34-30(40)24-8-12-26(13-9-24)39-16-14-33-35-39/h6-14,16,27-29H,1,4-5,15,17-21H2,2-3H3,(H,34,40)/t27-,28-,29+/m0/s1. The Bertz CT molecular complexity index is 1340. The van der Waals surface area contributed by atoms with Gasteiger partial charge in [-0.1, -0.05) is 23.9 Å². The van der Waals surface area contributed by atoms with Crippen LogP contribution in [-0.2, 0) is 4.79 Å². The Labute approximate surface area is 240 Å². The van der Waals surface area contributed by atoms with Gasteiger partial charge in [-0.3, -0.25) is 9.59 Å². The van der Waals surface area contributed by atoms with Crippen LogP contribution in [0.2, 0.25) is 0 Å². The summed E-state index contributed by atoms with van der Waals surface area (Å²) in [6, 6.07) is 13.5. The molecule has 5 rings (SSSR count). The third-order valence-corrected chi connectivity index (χ3v) is 8.07. The Morgan fingerprint density at radius 2 is 1.80 bits per heavy atom. The van der Waals surface area contributed by atoms with Crippen LogP contribution in [0.25, 0.3) is 5.69 Å². The first-order valence-corrected chi connectivity index (χ1v) is 14.2. The molecule has 1 aliphatic carbocycles. The van der Waals surface area contributed by atoms with Crippen molar-refractivity contribution in [1.82, 2.24) is 35.0 Å². The van der Waals surface area contributed by atoms with Crippen LogP contribution in [0.5, 0.6) is 0 Å². The molecule has 0 radical (unpaired) electrons. The molecule has 2 fully saturated rings. The first kappa shape index (κ1) is 28.5. The summed E-state index contributed by atoms with van der Waals surface area (Å²) in [6.45, 7) is 9.83. The highest BCUT2D eigenvalue weighted by Crippen LogP contribution is 2.45. The summed E-state index contributed by atoms with van der Waals surface area (Å²) in [5, 5.41) is 10.8. The maximum Gasteiger partial charge on any atom is 0.251 e. The average molecular weight is 560 g/mol. The SMILES string of the molecule is C=C(C)N(CCC[C@H](NC(=O)c1ccc(-n2ccnn2)cc1)C(=O)N1CCN(C)CC1)[C@@H]1C[C@H]1c1ccc(F)cc1. The lowest BCUT2D eigenvalue weighted by molar-refractivity contribution is -0.135. The molecule has 0 unspecified atom stereocenters. The minimum absolute atomic E-state index is 0.0387. The molecule has 2 aromatic carbocycles. The number of nitrogens with one attached hydrogen (secondary N) is 1. The zero-order valence-electron chi connectivity index (χ0n) is 23.7. The van der Waals surface area contributed by atoms with Crippen LogP contribution in [0.4, 0.5) is 4.39 Å². The third kappa shape index (κ3) is 7.00. The van der Waals surface area contributed by atoms with E-state index in [9.17, 15) is 14.0 Å². The highest BCUT2D eigenvalue weighted by molar-refractivity contribution is 5.97. The largest absolute Gasteiger partial charge is 0.372 e. The van der Waals surface area contributed by atoms with Gasteiger partial charge in [0.15, 0.2) is 0 Å². The van der Waals surface area contributed by atoms with Crippen molar-refractivity contribution in [3.63, 3.8) is 0 Å². The Kier molecular flexibility index (Phi) is 8.78. The van der Waals surface area contributed by atoms with Gasteiger partial charge >= 0.3 is 0 Å². The van der Waals surface area contributed by atoms with Gasteiger partial charge in [0.05, 0.1) is 18.1 Å². The molecule has 2 heterocycles. The number of halogens is 1. The number of carbonyl (C=O) groups is 2. The van der Waals surface area contributed by atoms with Gasteiger partial charge < -0.3 is 20.0 Å². The van der Waals surface area contributed by atoms with Crippen molar-refractivity contribution in [3.8, 4) is 5.69 Å². The normalized spacial score (nSPS) is 19.4. The van der Waals surface area contributed by atoms with Crippen LogP contribution in [0.1, 0.15) is 48.0 Å². The molecule has 9 nitrogen and oxygen atoms in total. The lowest BCUT2D eigenvalue weighted by Crippen LogP contribution is -2.54. The minimum Gasteiger partial charge on any atom is -0.372 e. The van der Waals surface area contributed by atoms with E-state index in [2.05, 4.69) is 32.0 Å². The van der Waals surface area contributed by atoms with E-state index in [1.54, 1.807) is 41.3 Å². The van der Waals surface area contributed by atoms with E-state index in [-0.39, 0.29) is 17.6 Å².